The van der Waals surface area contributed by atoms with Crippen LogP contribution in [0.3, 0.4) is 0 Å². The first-order valence-corrected chi connectivity index (χ1v) is 10.8. The highest BCUT2D eigenvalue weighted by molar-refractivity contribution is 7.12. The Balaban J connectivity index is 1.36. The molecule has 0 saturated carbocycles. The number of carbonyl (C=O) groups is 1. The Morgan fingerprint density at radius 3 is 2.68 bits per heavy atom. The number of piperazine rings is 1. The summed E-state index contributed by atoms with van der Waals surface area (Å²) in [6.45, 7) is 4.91. The van der Waals surface area contributed by atoms with E-state index in [1.54, 1.807) is 0 Å². The van der Waals surface area contributed by atoms with Gasteiger partial charge in [0.1, 0.15) is 0 Å². The first-order valence-electron chi connectivity index (χ1n) is 9.93. The van der Waals surface area contributed by atoms with E-state index in [4.69, 9.17) is 4.52 Å². The van der Waals surface area contributed by atoms with E-state index in [2.05, 4.69) is 15.0 Å². The number of halogens is 3. The maximum atomic E-state index is 12.9. The molecule has 1 aliphatic heterocycles. The number of amides is 1. The van der Waals surface area contributed by atoms with Crippen LogP contribution >= 0.6 is 11.3 Å². The summed E-state index contributed by atoms with van der Waals surface area (Å²) in [6, 6.07) is 6.84. The van der Waals surface area contributed by atoms with Crippen LogP contribution in [0.15, 0.2) is 40.2 Å². The summed E-state index contributed by atoms with van der Waals surface area (Å²) in [5, 5.41) is 5.77. The SMILES string of the molecule is CCc1ccsc1C(=O)N1CCN(Cc2nc(-c3cccc(C(F)(F)F)c3)no2)CC1. The number of aromatic nitrogens is 2. The average molecular weight is 450 g/mol. The molecule has 1 amide bonds. The van der Waals surface area contributed by atoms with Crippen LogP contribution in [-0.4, -0.2) is 52.0 Å². The van der Waals surface area contributed by atoms with Crippen LogP contribution in [-0.2, 0) is 19.1 Å². The average Bonchev–Trinajstić information content (AvgIpc) is 3.43. The zero-order chi connectivity index (χ0) is 22.0. The van der Waals surface area contributed by atoms with Gasteiger partial charge in [0.15, 0.2) is 0 Å². The summed E-state index contributed by atoms with van der Waals surface area (Å²) in [7, 11) is 0. The van der Waals surface area contributed by atoms with Crippen molar-refractivity contribution in [3.63, 3.8) is 0 Å². The van der Waals surface area contributed by atoms with Crippen molar-refractivity contribution in [3.05, 3.63) is 57.6 Å². The zero-order valence-electron chi connectivity index (χ0n) is 16.9. The Kier molecular flexibility index (Phi) is 6.10. The number of hydrogen-bond acceptors (Lipinski definition) is 6. The number of thiophene rings is 1. The lowest BCUT2D eigenvalue weighted by atomic mass is 10.1. The van der Waals surface area contributed by atoms with Gasteiger partial charge in [-0.2, -0.15) is 18.2 Å². The van der Waals surface area contributed by atoms with Crippen LogP contribution in [0.4, 0.5) is 13.2 Å². The molecule has 1 fully saturated rings. The molecule has 1 aliphatic rings. The minimum absolute atomic E-state index is 0.0659. The number of aryl methyl sites for hydroxylation is 1. The van der Waals surface area contributed by atoms with Gasteiger partial charge in [0.05, 0.1) is 17.0 Å². The van der Waals surface area contributed by atoms with Crippen LogP contribution in [0.25, 0.3) is 11.4 Å². The monoisotopic (exact) mass is 450 g/mol. The lowest BCUT2D eigenvalue weighted by Gasteiger charge is -2.33. The maximum Gasteiger partial charge on any atom is 0.416 e. The Labute approximate surface area is 181 Å². The largest absolute Gasteiger partial charge is 0.416 e. The second kappa shape index (κ2) is 8.80. The number of benzene rings is 1. The third-order valence-electron chi connectivity index (χ3n) is 5.26. The molecule has 6 nitrogen and oxygen atoms in total. The molecule has 3 aromatic rings. The van der Waals surface area contributed by atoms with Crippen LogP contribution in [0.5, 0.6) is 0 Å². The highest BCUT2D eigenvalue weighted by atomic mass is 32.1. The van der Waals surface area contributed by atoms with Gasteiger partial charge >= 0.3 is 6.18 Å². The molecule has 0 N–H and O–H groups in total. The third-order valence-corrected chi connectivity index (χ3v) is 6.20. The molecule has 2 aromatic heterocycles. The molecule has 0 atom stereocenters. The Hall–Kier alpha value is -2.72. The molecule has 3 heterocycles. The molecule has 0 radical (unpaired) electrons. The lowest BCUT2D eigenvalue weighted by Crippen LogP contribution is -2.48. The Morgan fingerprint density at radius 1 is 1.19 bits per heavy atom. The number of rotatable bonds is 5. The molecule has 31 heavy (non-hydrogen) atoms. The van der Waals surface area contributed by atoms with Gasteiger partial charge in [-0.05, 0) is 35.6 Å². The van der Waals surface area contributed by atoms with Crippen molar-refractivity contribution >= 4 is 17.2 Å². The summed E-state index contributed by atoms with van der Waals surface area (Å²) in [6.07, 6.45) is -3.60. The van der Waals surface area contributed by atoms with Gasteiger partial charge in [0.25, 0.3) is 5.91 Å². The van der Waals surface area contributed by atoms with Gasteiger partial charge < -0.3 is 9.42 Å². The molecule has 164 valence electrons. The maximum absolute atomic E-state index is 12.9. The van der Waals surface area contributed by atoms with Gasteiger partial charge in [-0.3, -0.25) is 9.69 Å². The van der Waals surface area contributed by atoms with Crippen molar-refractivity contribution in [1.29, 1.82) is 0 Å². The van der Waals surface area contributed by atoms with E-state index in [9.17, 15) is 18.0 Å². The minimum atomic E-state index is -4.43. The first-order chi connectivity index (χ1) is 14.8. The van der Waals surface area contributed by atoms with Gasteiger partial charge in [0.2, 0.25) is 11.7 Å². The molecule has 1 saturated heterocycles. The summed E-state index contributed by atoms with van der Waals surface area (Å²) in [5.41, 5.74) is 0.572. The number of alkyl halides is 3. The second-order valence-electron chi connectivity index (χ2n) is 7.29. The van der Waals surface area contributed by atoms with Crippen LogP contribution in [0.1, 0.15) is 33.6 Å². The molecule has 1 aromatic carbocycles. The van der Waals surface area contributed by atoms with E-state index in [1.807, 2.05) is 23.3 Å². The molecule has 10 heteroatoms. The van der Waals surface area contributed by atoms with Crippen LogP contribution < -0.4 is 0 Å². The highest BCUT2D eigenvalue weighted by Gasteiger charge is 2.31. The van der Waals surface area contributed by atoms with Crippen molar-refractivity contribution in [2.45, 2.75) is 26.1 Å². The molecule has 0 spiro atoms. The summed E-state index contributed by atoms with van der Waals surface area (Å²) in [4.78, 5) is 21.8. The fourth-order valence-electron chi connectivity index (χ4n) is 3.52. The number of carbonyl (C=O) groups excluding carboxylic acids is 1. The smallest absolute Gasteiger partial charge is 0.338 e. The van der Waals surface area contributed by atoms with Crippen molar-refractivity contribution in [1.82, 2.24) is 19.9 Å². The van der Waals surface area contributed by atoms with Gasteiger partial charge in [-0.15, -0.1) is 11.3 Å². The van der Waals surface area contributed by atoms with E-state index in [-0.39, 0.29) is 17.3 Å². The van der Waals surface area contributed by atoms with Gasteiger partial charge in [-0.25, -0.2) is 0 Å². The third kappa shape index (κ3) is 4.80. The van der Waals surface area contributed by atoms with E-state index < -0.39 is 11.7 Å². The highest BCUT2D eigenvalue weighted by Crippen LogP contribution is 2.31. The van der Waals surface area contributed by atoms with Crippen molar-refractivity contribution < 1.29 is 22.5 Å². The predicted molar refractivity (Wildman–Crippen MR) is 110 cm³/mol. The molecule has 4 rings (SSSR count). The van der Waals surface area contributed by atoms with Gasteiger partial charge in [-0.1, -0.05) is 24.2 Å². The Bertz CT molecular complexity index is 1050. The Morgan fingerprint density at radius 2 is 1.97 bits per heavy atom. The van der Waals surface area contributed by atoms with Crippen molar-refractivity contribution in [3.8, 4) is 11.4 Å². The second-order valence-corrected chi connectivity index (χ2v) is 8.20. The van der Waals surface area contributed by atoms with E-state index in [0.29, 0.717) is 38.6 Å². The molecule has 0 aliphatic carbocycles. The number of hydrogen-bond donors (Lipinski definition) is 0. The quantitative estimate of drug-likeness (QED) is 0.579. The summed E-state index contributed by atoms with van der Waals surface area (Å²) < 4.78 is 44.0. The lowest BCUT2D eigenvalue weighted by molar-refractivity contribution is -0.137. The van der Waals surface area contributed by atoms with Crippen molar-refractivity contribution in [2.75, 3.05) is 26.2 Å². The number of nitrogens with zero attached hydrogens (tertiary/aromatic N) is 4. The predicted octanol–water partition coefficient (Wildman–Crippen LogP) is 4.34. The molecular formula is C21H21F3N4O2S. The molecular weight excluding hydrogens is 429 g/mol. The molecule has 0 bridgehead atoms. The van der Waals surface area contributed by atoms with E-state index in [0.717, 1.165) is 29.0 Å². The topological polar surface area (TPSA) is 62.5 Å². The molecule has 0 unspecified atom stereocenters. The minimum Gasteiger partial charge on any atom is -0.338 e. The summed E-state index contributed by atoms with van der Waals surface area (Å²) >= 11 is 1.47. The standard InChI is InChI=1S/C21H21F3N4O2S/c1-2-14-6-11-31-18(14)20(29)28-9-7-27(8-10-28)13-17-25-19(26-30-17)15-4-3-5-16(12-15)21(22,23)24/h3-6,11-12H,2,7-10,13H2,1H3. The fraction of sp³-hybridized carbons (Fsp3) is 0.381. The summed E-state index contributed by atoms with van der Waals surface area (Å²) in [5.74, 6) is 0.523. The van der Waals surface area contributed by atoms with E-state index >= 15 is 0 Å². The van der Waals surface area contributed by atoms with Gasteiger partial charge in [0, 0.05) is 31.7 Å². The normalized spacial score (nSPS) is 15.4. The van der Waals surface area contributed by atoms with Crippen LogP contribution in [0, 0.1) is 0 Å². The van der Waals surface area contributed by atoms with E-state index in [1.165, 1.54) is 23.5 Å². The first kappa shape index (κ1) is 21.5. The fourth-order valence-corrected chi connectivity index (χ4v) is 4.48. The van der Waals surface area contributed by atoms with Crippen LogP contribution in [0.2, 0.25) is 0 Å². The van der Waals surface area contributed by atoms with Crippen molar-refractivity contribution in [2.24, 2.45) is 0 Å². The zero-order valence-corrected chi connectivity index (χ0v) is 17.7.